The number of hydrogen-bond acceptors (Lipinski definition) is 15. The zero-order chi connectivity index (χ0) is 48.0. The number of ketones is 1. The molecule has 4 heterocycles. The molecule has 3 aromatic rings. The lowest BCUT2D eigenvalue weighted by Gasteiger charge is -2.38. The molecule has 2 saturated heterocycles. The van der Waals surface area contributed by atoms with Gasteiger partial charge in [0.2, 0.25) is 17.7 Å². The molecule has 19 heteroatoms. The monoisotopic (exact) mass is 959 g/mol. The molecular formula is C49H62ClN7O11. The van der Waals surface area contributed by atoms with Gasteiger partial charge in [0.15, 0.2) is 0 Å². The molecule has 68 heavy (non-hydrogen) atoms. The van der Waals surface area contributed by atoms with Crippen molar-refractivity contribution in [2.75, 3.05) is 95.8 Å². The van der Waals surface area contributed by atoms with E-state index < -0.39 is 35.8 Å². The molecule has 2 fully saturated rings. The molecule has 2 aromatic carbocycles. The van der Waals surface area contributed by atoms with E-state index in [1.54, 1.807) is 18.2 Å². The molecule has 3 N–H and O–H groups in total. The second-order valence-electron chi connectivity index (χ2n) is 17.5. The summed E-state index contributed by atoms with van der Waals surface area (Å²) in [5.74, 6) is -1.25. The van der Waals surface area contributed by atoms with Crippen LogP contribution >= 0.6 is 11.6 Å². The summed E-state index contributed by atoms with van der Waals surface area (Å²) in [6, 6.07) is 11.3. The third-order valence-electron chi connectivity index (χ3n) is 12.8. The maximum absolute atomic E-state index is 14.0. The summed E-state index contributed by atoms with van der Waals surface area (Å²) >= 11 is 6.19. The van der Waals surface area contributed by atoms with Crippen LogP contribution in [0.3, 0.4) is 0 Å². The normalized spacial score (nSPS) is 19.6. The zero-order valence-electron chi connectivity index (χ0n) is 38.6. The Kier molecular flexibility index (Phi) is 18.4. The predicted molar refractivity (Wildman–Crippen MR) is 251 cm³/mol. The highest BCUT2D eigenvalue weighted by Gasteiger charge is 2.45. The lowest BCUT2D eigenvalue weighted by Crippen LogP contribution is -2.54. The number of anilines is 2. The quantitative estimate of drug-likeness (QED) is 0.0741. The van der Waals surface area contributed by atoms with E-state index in [4.69, 9.17) is 30.5 Å². The van der Waals surface area contributed by atoms with E-state index in [2.05, 4.69) is 32.4 Å². The van der Waals surface area contributed by atoms with E-state index in [0.717, 1.165) is 28.3 Å². The van der Waals surface area contributed by atoms with Crippen molar-refractivity contribution in [3.05, 3.63) is 81.8 Å². The van der Waals surface area contributed by atoms with Gasteiger partial charge in [-0.25, -0.2) is 9.97 Å². The SMILES string of the molecule is C[C@@H]1C[C@@H](O)c2ncnc(N3CCN(C(=O)[C@H](CCCCC(=O)CCCOCCOCCOCCOCCNc4cccc5c4C(=O)N(C4CCC(=O)NC4=O)C5=O)c4ccc(Cl)cc4)CC3)c21. The number of aliphatic hydroxyl groups is 1. The Balaban J connectivity index is 0.691. The number of hydrogen-bond donors (Lipinski definition) is 3. The van der Waals surface area contributed by atoms with Crippen LogP contribution in [0.25, 0.3) is 0 Å². The van der Waals surface area contributed by atoms with Gasteiger partial charge in [-0.2, -0.15) is 0 Å². The molecule has 0 bridgehead atoms. The number of aliphatic hydroxyl groups excluding tert-OH is 1. The molecule has 366 valence electrons. The summed E-state index contributed by atoms with van der Waals surface area (Å²) in [6.07, 6.45) is 5.32. The van der Waals surface area contributed by atoms with Crippen LogP contribution in [0.4, 0.5) is 11.5 Å². The summed E-state index contributed by atoms with van der Waals surface area (Å²) in [4.78, 5) is 90.9. The Morgan fingerprint density at radius 2 is 1.51 bits per heavy atom. The number of unbranched alkanes of at least 4 members (excludes halogenated alkanes) is 1. The van der Waals surface area contributed by atoms with Crippen molar-refractivity contribution in [3.63, 3.8) is 0 Å². The highest BCUT2D eigenvalue weighted by Crippen LogP contribution is 2.43. The molecule has 5 amide bonds. The summed E-state index contributed by atoms with van der Waals surface area (Å²) in [5.41, 5.74) is 3.52. The van der Waals surface area contributed by atoms with Crippen LogP contribution in [-0.4, -0.2) is 152 Å². The number of piperidine rings is 1. The first kappa shape index (κ1) is 50.5. The molecule has 1 aliphatic carbocycles. The van der Waals surface area contributed by atoms with Crippen LogP contribution < -0.4 is 15.5 Å². The first-order chi connectivity index (χ1) is 33.0. The number of Topliss-reactive ketones (excluding diaryl/α,β-unsaturated/α-hetero) is 1. The molecule has 0 saturated carbocycles. The maximum atomic E-state index is 14.0. The van der Waals surface area contributed by atoms with Crippen molar-refractivity contribution in [2.24, 2.45) is 0 Å². The summed E-state index contributed by atoms with van der Waals surface area (Å²) < 4.78 is 22.4. The highest BCUT2D eigenvalue weighted by molar-refractivity contribution is 6.30. The van der Waals surface area contributed by atoms with Gasteiger partial charge >= 0.3 is 0 Å². The van der Waals surface area contributed by atoms with E-state index in [9.17, 15) is 33.9 Å². The van der Waals surface area contributed by atoms with Crippen LogP contribution in [0.1, 0.15) is 120 Å². The number of piperazine rings is 1. The van der Waals surface area contributed by atoms with E-state index >= 15 is 0 Å². The molecule has 18 nitrogen and oxygen atoms in total. The highest BCUT2D eigenvalue weighted by atomic mass is 35.5. The molecule has 0 spiro atoms. The van der Waals surface area contributed by atoms with Crippen LogP contribution in [0.15, 0.2) is 48.8 Å². The molecule has 4 aliphatic rings. The number of imide groups is 2. The molecule has 4 atom stereocenters. The smallest absolute Gasteiger partial charge is 0.264 e. The van der Waals surface area contributed by atoms with Crippen molar-refractivity contribution in [1.82, 2.24) is 25.1 Å². The Morgan fingerprint density at radius 3 is 2.22 bits per heavy atom. The minimum Gasteiger partial charge on any atom is -0.387 e. The topological polar surface area (TPSA) is 219 Å². The number of aromatic nitrogens is 2. The van der Waals surface area contributed by atoms with Crippen LogP contribution in [0.2, 0.25) is 5.02 Å². The number of halogens is 1. The molecular weight excluding hydrogens is 898 g/mol. The molecule has 0 radical (unpaired) electrons. The standard InChI is InChI=1S/C49H62ClN7O11/c1-32-30-40(59)44-42(32)45(53-31-52-44)55-18-20-56(21-19-55)47(62)36(33-11-13-34(50)14-12-33)8-3-2-6-35(58)7-5-22-65-24-26-67-28-29-68-27-25-66-23-17-51-38-10-4-9-37-43(38)49(64)57(48(37)63)39-15-16-41(60)54-46(39)61/h4,9-14,31-32,36,39-40,51,59H,2-3,5-8,15-30H2,1H3,(H,54,60,61)/t32-,36-,39?,40-/m1/s1. The van der Waals surface area contributed by atoms with Gasteiger partial charge in [-0.1, -0.05) is 43.1 Å². The average Bonchev–Trinajstić information content (AvgIpc) is 3.78. The second-order valence-corrected chi connectivity index (χ2v) is 17.9. The first-order valence-electron chi connectivity index (χ1n) is 23.7. The minimum atomic E-state index is -1.03. The number of fused-ring (bicyclic) bond motifs is 2. The van der Waals surface area contributed by atoms with E-state index in [1.807, 2.05) is 29.2 Å². The van der Waals surface area contributed by atoms with Crippen LogP contribution in [0.5, 0.6) is 0 Å². The number of rotatable bonds is 26. The van der Waals surface area contributed by atoms with Crippen molar-refractivity contribution >= 4 is 58.4 Å². The van der Waals surface area contributed by atoms with Gasteiger partial charge in [0, 0.05) is 74.9 Å². The van der Waals surface area contributed by atoms with Gasteiger partial charge in [-0.05, 0) is 67.9 Å². The second kappa shape index (κ2) is 24.8. The number of amides is 5. The number of nitrogens with one attached hydrogen (secondary N) is 2. The van der Waals surface area contributed by atoms with Crippen molar-refractivity contribution in [3.8, 4) is 0 Å². The summed E-state index contributed by atoms with van der Waals surface area (Å²) in [5, 5.41) is 16.4. The molecule has 7 rings (SSSR count). The Hall–Kier alpha value is -5.37. The van der Waals surface area contributed by atoms with Crippen LogP contribution in [0, 0.1) is 0 Å². The van der Waals surface area contributed by atoms with Gasteiger partial charge in [-0.3, -0.25) is 39.0 Å². The minimum absolute atomic E-state index is 0.0549. The summed E-state index contributed by atoms with van der Waals surface area (Å²) in [7, 11) is 0. The number of carbonyl (C=O) groups is 6. The number of carbonyl (C=O) groups excluding carboxylic acids is 6. The Labute approximate surface area is 401 Å². The predicted octanol–water partition coefficient (Wildman–Crippen LogP) is 4.59. The number of nitrogens with zero attached hydrogens (tertiary/aromatic N) is 5. The number of ether oxygens (including phenoxy) is 4. The van der Waals surface area contributed by atoms with Gasteiger partial charge in [0.25, 0.3) is 11.8 Å². The van der Waals surface area contributed by atoms with Gasteiger partial charge in [0.05, 0.1) is 75.1 Å². The van der Waals surface area contributed by atoms with E-state index in [0.29, 0.717) is 141 Å². The van der Waals surface area contributed by atoms with Gasteiger partial charge in [0.1, 0.15) is 24.0 Å². The molecule has 1 unspecified atom stereocenters. The number of benzene rings is 2. The average molecular weight is 961 g/mol. The first-order valence-corrected chi connectivity index (χ1v) is 24.1. The third kappa shape index (κ3) is 12.8. The van der Waals surface area contributed by atoms with Crippen molar-refractivity contribution < 1.29 is 52.8 Å². The lowest BCUT2D eigenvalue weighted by atomic mass is 9.91. The fraction of sp³-hybridized carbons (Fsp3) is 0.551. The molecule has 1 aromatic heterocycles. The van der Waals surface area contributed by atoms with E-state index in [-0.39, 0.29) is 47.5 Å². The van der Waals surface area contributed by atoms with Crippen LogP contribution in [-0.2, 0) is 38.1 Å². The van der Waals surface area contributed by atoms with Crippen molar-refractivity contribution in [2.45, 2.75) is 88.7 Å². The van der Waals surface area contributed by atoms with Gasteiger partial charge in [-0.15, -0.1) is 0 Å². The fourth-order valence-electron chi connectivity index (χ4n) is 9.29. The van der Waals surface area contributed by atoms with E-state index in [1.165, 1.54) is 6.33 Å². The largest absolute Gasteiger partial charge is 0.387 e. The van der Waals surface area contributed by atoms with Crippen molar-refractivity contribution in [1.29, 1.82) is 0 Å². The Bertz CT molecular complexity index is 2260. The molecule has 3 aliphatic heterocycles. The zero-order valence-corrected chi connectivity index (χ0v) is 39.4. The van der Waals surface area contributed by atoms with Gasteiger partial charge < -0.3 is 39.2 Å². The lowest BCUT2D eigenvalue weighted by molar-refractivity contribution is -0.136. The third-order valence-corrected chi connectivity index (χ3v) is 13.1. The Morgan fingerprint density at radius 1 is 0.838 bits per heavy atom. The summed E-state index contributed by atoms with van der Waals surface area (Å²) in [6.45, 7) is 7.94. The fourth-order valence-corrected chi connectivity index (χ4v) is 9.42. The maximum Gasteiger partial charge on any atom is 0.264 e.